The molecule has 6 nitrogen and oxygen atoms in total. The van der Waals surface area contributed by atoms with Gasteiger partial charge >= 0.3 is 6.18 Å². The zero-order chi connectivity index (χ0) is 17.2. The maximum Gasteiger partial charge on any atom is 0.449 e. The van der Waals surface area contributed by atoms with Crippen molar-refractivity contribution in [3.8, 4) is 0 Å². The van der Waals surface area contributed by atoms with Crippen molar-refractivity contribution in [2.24, 2.45) is 11.8 Å². The second-order valence-corrected chi connectivity index (χ2v) is 7.28. The van der Waals surface area contributed by atoms with E-state index < -0.39 is 12.0 Å². The summed E-state index contributed by atoms with van der Waals surface area (Å²) in [6, 6.07) is 0.152. The Kier molecular flexibility index (Phi) is 3.11. The van der Waals surface area contributed by atoms with Crippen LogP contribution in [0.5, 0.6) is 0 Å². The summed E-state index contributed by atoms with van der Waals surface area (Å²) < 4.78 is 44.8. The number of ether oxygens (including phenoxy) is 1. The van der Waals surface area contributed by atoms with Gasteiger partial charge in [-0.1, -0.05) is 0 Å². The van der Waals surface area contributed by atoms with E-state index in [1.807, 2.05) is 0 Å². The normalized spacial score (nSPS) is 34.4. The third-order valence-corrected chi connectivity index (χ3v) is 6.14. The maximum atomic E-state index is 12.9. The second-order valence-electron chi connectivity index (χ2n) is 7.28. The number of hydrogen-bond acceptors (Lipinski definition) is 5. The topological polar surface area (TPSA) is 75.7 Å². The van der Waals surface area contributed by atoms with E-state index in [0.717, 1.165) is 38.7 Å². The van der Waals surface area contributed by atoms with Crippen LogP contribution in [-0.2, 0) is 10.9 Å². The molecule has 1 saturated heterocycles. The van der Waals surface area contributed by atoms with Crippen LogP contribution < -0.4 is 5.32 Å². The summed E-state index contributed by atoms with van der Waals surface area (Å²) in [6.07, 6.45) is 2.05. The van der Waals surface area contributed by atoms with Gasteiger partial charge in [-0.05, 0) is 38.0 Å². The van der Waals surface area contributed by atoms with Crippen LogP contribution in [-0.4, -0.2) is 38.2 Å². The first-order chi connectivity index (χ1) is 12.0. The highest BCUT2D eigenvalue weighted by atomic mass is 19.4. The molecule has 9 heteroatoms. The van der Waals surface area contributed by atoms with Crippen LogP contribution in [0.4, 0.5) is 19.0 Å². The first-order valence-electron chi connectivity index (χ1n) is 8.66. The van der Waals surface area contributed by atoms with Crippen molar-refractivity contribution in [2.75, 3.05) is 11.9 Å². The zero-order valence-electron chi connectivity index (χ0n) is 13.4. The minimum absolute atomic E-state index is 0.0207. The highest BCUT2D eigenvalue weighted by Gasteiger charge is 2.62. The Bertz CT molecular complexity index is 822. The SMILES string of the molecule is FC(F)(F)c1nc2ncnc(NC3CCCC45OCCC4CC35)c2[nH]1. The fraction of sp³-hybridized carbons (Fsp3) is 0.688. The van der Waals surface area contributed by atoms with Gasteiger partial charge in [0.2, 0.25) is 5.82 Å². The molecule has 134 valence electrons. The first-order valence-corrected chi connectivity index (χ1v) is 8.66. The Balaban J connectivity index is 1.45. The van der Waals surface area contributed by atoms with Gasteiger partial charge in [0.05, 0.1) is 5.60 Å². The Morgan fingerprint density at radius 3 is 2.96 bits per heavy atom. The molecule has 1 aliphatic heterocycles. The van der Waals surface area contributed by atoms with Gasteiger partial charge in [-0.25, -0.2) is 15.0 Å². The maximum absolute atomic E-state index is 12.9. The van der Waals surface area contributed by atoms with Gasteiger partial charge in [-0.15, -0.1) is 0 Å². The molecule has 0 bridgehead atoms. The minimum atomic E-state index is -4.54. The number of fused-ring (bicyclic) bond motifs is 1. The highest BCUT2D eigenvalue weighted by molar-refractivity contribution is 5.82. The predicted octanol–water partition coefficient (Wildman–Crippen LogP) is 3.13. The van der Waals surface area contributed by atoms with Gasteiger partial charge in [-0.2, -0.15) is 13.2 Å². The zero-order valence-corrected chi connectivity index (χ0v) is 13.4. The molecule has 0 radical (unpaired) electrons. The van der Waals surface area contributed by atoms with Crippen LogP contribution in [0.15, 0.2) is 6.33 Å². The Morgan fingerprint density at radius 2 is 2.16 bits per heavy atom. The van der Waals surface area contributed by atoms with E-state index in [9.17, 15) is 13.2 Å². The summed E-state index contributed by atoms with van der Waals surface area (Å²) in [4.78, 5) is 13.9. The lowest BCUT2D eigenvalue weighted by atomic mass is 9.53. The monoisotopic (exact) mass is 353 g/mol. The standard InChI is InChI=1S/C16H18F3N5O/c17-16(18,19)14-23-11-12(20-7-21-13(11)24-14)22-10-2-1-4-15-8(3-5-25-15)6-9(10)15/h7-10H,1-6H2,(H2,20,21,22,23,24). The number of hydrogen-bond donors (Lipinski definition) is 2. The minimum Gasteiger partial charge on any atom is -0.374 e. The average molecular weight is 353 g/mol. The quantitative estimate of drug-likeness (QED) is 0.868. The van der Waals surface area contributed by atoms with Crippen LogP contribution in [0.1, 0.15) is 37.9 Å². The molecule has 25 heavy (non-hydrogen) atoms. The van der Waals surface area contributed by atoms with Gasteiger partial charge < -0.3 is 15.0 Å². The van der Waals surface area contributed by atoms with E-state index >= 15 is 0 Å². The third kappa shape index (κ3) is 2.17. The largest absolute Gasteiger partial charge is 0.449 e. The van der Waals surface area contributed by atoms with Crippen LogP contribution in [0, 0.1) is 11.8 Å². The number of alkyl halides is 3. The van der Waals surface area contributed by atoms with Gasteiger partial charge in [0.15, 0.2) is 11.5 Å². The Morgan fingerprint density at radius 1 is 1.28 bits per heavy atom. The van der Waals surface area contributed by atoms with Crippen LogP contribution >= 0.6 is 0 Å². The van der Waals surface area contributed by atoms with Crippen molar-refractivity contribution in [3.05, 3.63) is 12.2 Å². The molecular weight excluding hydrogens is 335 g/mol. The fourth-order valence-electron chi connectivity index (χ4n) is 5.01. The summed E-state index contributed by atoms with van der Waals surface area (Å²) in [5.74, 6) is 0.366. The number of halogens is 3. The summed E-state index contributed by atoms with van der Waals surface area (Å²) in [5, 5.41) is 3.36. The van der Waals surface area contributed by atoms with E-state index in [-0.39, 0.29) is 22.8 Å². The van der Waals surface area contributed by atoms with Crippen molar-refractivity contribution in [1.82, 2.24) is 19.9 Å². The smallest absolute Gasteiger partial charge is 0.374 e. The van der Waals surface area contributed by atoms with E-state index in [1.165, 1.54) is 6.33 Å². The summed E-state index contributed by atoms with van der Waals surface area (Å²) >= 11 is 0. The number of H-pyrrole nitrogens is 1. The predicted molar refractivity (Wildman–Crippen MR) is 82.8 cm³/mol. The average Bonchev–Trinajstić information content (AvgIpc) is 3.09. The van der Waals surface area contributed by atoms with Gasteiger partial charge in [0, 0.05) is 18.6 Å². The molecular formula is C16H18F3N5O. The van der Waals surface area contributed by atoms with Gasteiger partial charge in [0.25, 0.3) is 0 Å². The molecule has 3 aliphatic rings. The number of rotatable bonds is 2. The fourth-order valence-corrected chi connectivity index (χ4v) is 5.01. The number of anilines is 1. The van der Waals surface area contributed by atoms with Crippen LogP contribution in [0.25, 0.3) is 11.2 Å². The van der Waals surface area contributed by atoms with Crippen molar-refractivity contribution < 1.29 is 17.9 Å². The lowest BCUT2D eigenvalue weighted by Crippen LogP contribution is -2.61. The van der Waals surface area contributed by atoms with Crippen LogP contribution in [0.2, 0.25) is 0 Å². The van der Waals surface area contributed by atoms with Gasteiger partial charge in [-0.3, -0.25) is 0 Å². The van der Waals surface area contributed by atoms with Crippen molar-refractivity contribution in [3.63, 3.8) is 0 Å². The number of nitrogens with zero attached hydrogens (tertiary/aromatic N) is 3. The molecule has 3 fully saturated rings. The molecule has 2 aliphatic carbocycles. The summed E-state index contributed by atoms with van der Waals surface area (Å²) in [7, 11) is 0. The lowest BCUT2D eigenvalue weighted by molar-refractivity contribution is -0.160. The molecule has 5 rings (SSSR count). The van der Waals surface area contributed by atoms with Crippen molar-refractivity contribution in [2.45, 2.75) is 49.9 Å². The van der Waals surface area contributed by atoms with E-state index in [2.05, 4.69) is 25.3 Å². The van der Waals surface area contributed by atoms with Gasteiger partial charge in [0.1, 0.15) is 11.8 Å². The Hall–Kier alpha value is -1.90. The molecule has 0 aromatic carbocycles. The van der Waals surface area contributed by atoms with Crippen LogP contribution in [0.3, 0.4) is 0 Å². The van der Waals surface area contributed by atoms with Crippen molar-refractivity contribution in [1.29, 1.82) is 0 Å². The second kappa shape index (κ2) is 5.06. The highest BCUT2D eigenvalue weighted by Crippen LogP contribution is 2.59. The first kappa shape index (κ1) is 15.4. The molecule has 2 saturated carbocycles. The number of aromatic nitrogens is 4. The summed E-state index contributed by atoms with van der Waals surface area (Å²) in [6.45, 7) is 0.821. The molecule has 2 aromatic rings. The van der Waals surface area contributed by atoms with Crippen molar-refractivity contribution >= 4 is 17.0 Å². The van der Waals surface area contributed by atoms with E-state index in [1.54, 1.807) is 0 Å². The molecule has 1 spiro atoms. The molecule has 3 heterocycles. The number of imidazole rings is 1. The van der Waals surface area contributed by atoms with E-state index in [4.69, 9.17) is 4.74 Å². The molecule has 2 N–H and O–H groups in total. The summed E-state index contributed by atoms with van der Waals surface area (Å²) in [5.41, 5.74) is 0.212. The molecule has 4 unspecified atom stereocenters. The molecule has 0 amide bonds. The number of nitrogens with one attached hydrogen (secondary N) is 2. The Labute approximate surface area is 141 Å². The van der Waals surface area contributed by atoms with E-state index in [0.29, 0.717) is 17.7 Å². The molecule has 4 atom stereocenters. The molecule has 2 aromatic heterocycles. The lowest BCUT2D eigenvalue weighted by Gasteiger charge is -2.57. The third-order valence-electron chi connectivity index (χ3n) is 6.14. The number of aromatic amines is 1.